The minimum absolute atomic E-state index is 0.0914. The Morgan fingerprint density at radius 3 is 2.50 bits per heavy atom. The Labute approximate surface area is 225 Å². The molecule has 9 heteroatoms. The molecule has 1 aliphatic rings. The van der Waals surface area contributed by atoms with E-state index in [1.165, 1.54) is 11.8 Å². The van der Waals surface area contributed by atoms with Crippen LogP contribution in [-0.2, 0) is 9.53 Å². The van der Waals surface area contributed by atoms with E-state index in [0.29, 0.717) is 46.4 Å². The summed E-state index contributed by atoms with van der Waals surface area (Å²) < 4.78 is 8.66. The number of para-hydroxylation sites is 2. The van der Waals surface area contributed by atoms with Gasteiger partial charge in [0.2, 0.25) is 0 Å². The summed E-state index contributed by atoms with van der Waals surface area (Å²) in [6.07, 6.45) is 2.59. The number of aliphatic imine (C=N–C) groups is 1. The number of aryl methyl sites for hydroxylation is 2. The number of carbonyl (C=O) groups excluding carboxylic acids is 1. The average Bonchev–Trinajstić information content (AvgIpc) is 3.35. The molecule has 1 fully saturated rings. The summed E-state index contributed by atoms with van der Waals surface area (Å²) in [5.74, 6) is 0.494. The van der Waals surface area contributed by atoms with Crippen molar-refractivity contribution in [1.82, 2.24) is 19.2 Å². The maximum Gasteiger partial charge on any atom is 0.280 e. The fourth-order valence-corrected chi connectivity index (χ4v) is 5.63. The maximum atomic E-state index is 13.5. The van der Waals surface area contributed by atoms with Gasteiger partial charge in [-0.05, 0) is 80.9 Å². The molecule has 5 rings (SSSR count). The van der Waals surface area contributed by atoms with Crippen molar-refractivity contribution in [1.29, 1.82) is 0 Å². The Bertz CT molecular complexity index is 1640. The molecule has 4 aromatic rings. The number of nitrogens with zero attached hydrogens (tertiary/aromatic N) is 5. The summed E-state index contributed by atoms with van der Waals surface area (Å²) in [6, 6.07) is 18.9. The van der Waals surface area contributed by atoms with E-state index in [4.69, 9.17) is 9.73 Å². The lowest BCUT2D eigenvalue weighted by molar-refractivity contribution is -0.122. The Morgan fingerprint density at radius 1 is 1.00 bits per heavy atom. The molecule has 0 N–H and O–H groups in total. The van der Waals surface area contributed by atoms with Gasteiger partial charge in [-0.3, -0.25) is 19.2 Å². The van der Waals surface area contributed by atoms with Crippen LogP contribution >= 0.6 is 11.8 Å². The first-order valence-corrected chi connectivity index (χ1v) is 13.2. The first kappa shape index (κ1) is 25.7. The van der Waals surface area contributed by atoms with E-state index in [9.17, 15) is 9.59 Å². The second-order valence-electron chi connectivity index (χ2n) is 9.08. The zero-order valence-corrected chi connectivity index (χ0v) is 22.7. The summed E-state index contributed by atoms with van der Waals surface area (Å²) in [7, 11) is 1.65. The summed E-state index contributed by atoms with van der Waals surface area (Å²) in [6.45, 7) is 6.78. The van der Waals surface area contributed by atoms with Gasteiger partial charge in [0.1, 0.15) is 5.82 Å². The number of thioether (sulfide) groups is 1. The molecule has 0 aliphatic carbocycles. The third kappa shape index (κ3) is 4.82. The number of carbonyl (C=O) groups is 1. The Kier molecular flexibility index (Phi) is 7.31. The molecule has 194 valence electrons. The van der Waals surface area contributed by atoms with Gasteiger partial charge < -0.3 is 4.74 Å². The number of rotatable bonds is 7. The number of benzene rings is 2. The van der Waals surface area contributed by atoms with Gasteiger partial charge in [0.25, 0.3) is 11.5 Å². The molecule has 0 bridgehead atoms. The van der Waals surface area contributed by atoms with Gasteiger partial charge in [-0.2, -0.15) is 4.68 Å². The predicted molar refractivity (Wildman–Crippen MR) is 153 cm³/mol. The number of hydrogen-bond acceptors (Lipinski definition) is 6. The molecule has 3 heterocycles. The van der Waals surface area contributed by atoms with Gasteiger partial charge in [-0.1, -0.05) is 30.3 Å². The molecule has 38 heavy (non-hydrogen) atoms. The van der Waals surface area contributed by atoms with E-state index < -0.39 is 0 Å². The van der Waals surface area contributed by atoms with Crippen molar-refractivity contribution < 1.29 is 9.53 Å². The zero-order chi connectivity index (χ0) is 26.8. The van der Waals surface area contributed by atoms with E-state index in [1.807, 2.05) is 86.1 Å². The van der Waals surface area contributed by atoms with E-state index in [2.05, 4.69) is 4.98 Å². The molecule has 1 amide bonds. The minimum Gasteiger partial charge on any atom is -0.385 e. The number of amidine groups is 1. The van der Waals surface area contributed by atoms with E-state index >= 15 is 0 Å². The minimum atomic E-state index is -0.137. The number of fused-ring (bicyclic) bond motifs is 1. The normalized spacial score (nSPS) is 15.9. The van der Waals surface area contributed by atoms with Gasteiger partial charge in [0, 0.05) is 31.6 Å². The van der Waals surface area contributed by atoms with Gasteiger partial charge in [0.15, 0.2) is 5.17 Å². The summed E-state index contributed by atoms with van der Waals surface area (Å²) in [4.78, 5) is 38.6. The van der Waals surface area contributed by atoms with Gasteiger partial charge >= 0.3 is 0 Å². The highest BCUT2D eigenvalue weighted by Gasteiger charge is 2.33. The summed E-state index contributed by atoms with van der Waals surface area (Å²) in [5, 5.41) is 1.20. The van der Waals surface area contributed by atoms with Gasteiger partial charge in [-0.15, -0.1) is 0 Å². The van der Waals surface area contributed by atoms with E-state index in [-0.39, 0.29) is 11.5 Å². The van der Waals surface area contributed by atoms with Crippen LogP contribution in [0.4, 0.5) is 5.69 Å². The maximum absolute atomic E-state index is 13.5. The predicted octanol–water partition coefficient (Wildman–Crippen LogP) is 5.08. The lowest BCUT2D eigenvalue weighted by Crippen LogP contribution is -2.31. The molecule has 2 aromatic carbocycles. The van der Waals surface area contributed by atoms with Crippen LogP contribution in [0.5, 0.6) is 0 Å². The number of hydrogen-bond donors (Lipinski definition) is 0. The van der Waals surface area contributed by atoms with Crippen molar-refractivity contribution in [3.05, 3.63) is 98.7 Å². The van der Waals surface area contributed by atoms with Crippen molar-refractivity contribution in [2.24, 2.45) is 4.99 Å². The van der Waals surface area contributed by atoms with Crippen LogP contribution < -0.4 is 5.56 Å². The third-order valence-corrected chi connectivity index (χ3v) is 7.44. The van der Waals surface area contributed by atoms with Crippen LogP contribution in [0, 0.1) is 20.8 Å². The molecule has 0 unspecified atom stereocenters. The van der Waals surface area contributed by atoms with Crippen LogP contribution in [0.1, 0.15) is 29.2 Å². The van der Waals surface area contributed by atoms with Crippen molar-refractivity contribution in [3.63, 3.8) is 0 Å². The highest BCUT2D eigenvalue weighted by Crippen LogP contribution is 2.35. The fraction of sp³-hybridized carbons (Fsp3) is 0.241. The molecule has 0 radical (unpaired) electrons. The molecule has 0 saturated carbocycles. The van der Waals surface area contributed by atoms with Crippen molar-refractivity contribution >= 4 is 45.5 Å². The first-order chi connectivity index (χ1) is 18.4. The molecule has 8 nitrogen and oxygen atoms in total. The Morgan fingerprint density at radius 2 is 1.74 bits per heavy atom. The quantitative estimate of drug-likeness (QED) is 0.247. The van der Waals surface area contributed by atoms with Crippen molar-refractivity contribution in [2.45, 2.75) is 27.2 Å². The molecule has 0 atom stereocenters. The van der Waals surface area contributed by atoms with Crippen molar-refractivity contribution in [3.8, 4) is 0 Å². The standard InChI is InChI=1S/C29H29N5O3S/c1-19-17-22(20(2)33(19)34-21(3)30-25-14-9-8-13-24(25)27(34)35)18-26-28(36)32(15-10-16-37-4)29(38-26)31-23-11-6-5-7-12-23/h5-9,11-14,17-18H,10,15-16H2,1-4H3. The third-order valence-electron chi connectivity index (χ3n) is 6.44. The topological polar surface area (TPSA) is 81.7 Å². The molecule has 1 saturated heterocycles. The second kappa shape index (κ2) is 10.8. The molecule has 0 spiro atoms. The lowest BCUT2D eigenvalue weighted by atomic mass is 10.2. The zero-order valence-electron chi connectivity index (χ0n) is 21.8. The number of amides is 1. The van der Waals surface area contributed by atoms with Crippen LogP contribution in [0.3, 0.4) is 0 Å². The smallest absolute Gasteiger partial charge is 0.280 e. The largest absolute Gasteiger partial charge is 0.385 e. The van der Waals surface area contributed by atoms with Crippen LogP contribution in [-0.4, -0.2) is 50.6 Å². The SMILES string of the molecule is COCCCN1C(=O)C(=Cc2cc(C)n(-n3c(C)nc4ccccc4c3=O)c2C)SC1=Nc1ccccc1. The lowest BCUT2D eigenvalue weighted by Gasteiger charge is -2.16. The van der Waals surface area contributed by atoms with E-state index in [1.54, 1.807) is 22.8 Å². The molecular formula is C29H29N5O3S. The highest BCUT2D eigenvalue weighted by molar-refractivity contribution is 8.18. The second-order valence-corrected chi connectivity index (χ2v) is 10.1. The molecule has 2 aromatic heterocycles. The Hall–Kier alpha value is -3.95. The number of aromatic nitrogens is 3. The van der Waals surface area contributed by atoms with Gasteiger partial charge in [-0.25, -0.2) is 9.98 Å². The number of ether oxygens (including phenoxy) is 1. The monoisotopic (exact) mass is 527 g/mol. The Balaban J connectivity index is 1.55. The van der Waals surface area contributed by atoms with Crippen LogP contribution in [0.2, 0.25) is 0 Å². The van der Waals surface area contributed by atoms with Crippen LogP contribution in [0.15, 0.2) is 75.4 Å². The number of methoxy groups -OCH3 is 1. The van der Waals surface area contributed by atoms with Gasteiger partial charge in [0.05, 0.1) is 21.5 Å². The summed E-state index contributed by atoms with van der Waals surface area (Å²) in [5.41, 5.74) is 3.88. The van der Waals surface area contributed by atoms with Crippen LogP contribution in [0.25, 0.3) is 17.0 Å². The summed E-state index contributed by atoms with van der Waals surface area (Å²) >= 11 is 1.36. The fourth-order valence-electron chi connectivity index (χ4n) is 4.61. The highest BCUT2D eigenvalue weighted by atomic mass is 32.2. The molecular weight excluding hydrogens is 498 g/mol. The van der Waals surface area contributed by atoms with Crippen molar-refractivity contribution in [2.75, 3.05) is 20.3 Å². The molecule has 1 aliphatic heterocycles. The first-order valence-electron chi connectivity index (χ1n) is 12.4. The van der Waals surface area contributed by atoms with E-state index in [0.717, 1.165) is 22.6 Å². The average molecular weight is 528 g/mol.